The zero-order valence-electron chi connectivity index (χ0n) is 79.6. The smallest absolute Gasteiger partial charge is 0.407 e. The Morgan fingerprint density at radius 3 is 1.04 bits per heavy atom. The summed E-state index contributed by atoms with van der Waals surface area (Å²) < 4.78 is 26.2. The standard InChI is InChI=1S/C19H25N5O4S.C17H25ClN4O3.C17H26N4O3.C16H24N4O3.C11H22N2O2.C6H4Cl2N2O.C3H3NO2S/c1-19(2,3)28-17(26)20-10-12-4-6-24(7-5-12)15-9-13(21-11-22-15)8-14-16(25)23-18(27)29-14;1-11(23)13-9-14(21-15(18)20-13)22-7-5-12(6-8-22)10-19-16(24)25-17(2,3)4;1-12(22)14-9-15(20-11-19-14)21-7-5-13(6-8-21)10-18-16(23)24-17(2,3)4;1-16(2,3)23-15(22)17-9-12-4-6-20(7-5-12)14-8-13(10-21)18-11-19-14;1-11(2,3)15-10(14)13-8-9-4-6-12-7-5-9;1-3(11)4-2-5(7)10-6(8)9-4;5-2-1-7-3(6)4-2/h8-9,11-12H,4-7,10H2,1-3H3,(H,20,26)(H,23,25,27);9,12H,5-8,10H2,1-4H3,(H,19,24);9,11,13H,5-8,10H2,1-4H3,(H,18,23);8,10-12H,4-7,9H2,1-3H3,(H,17,22);9,12H,4-8H2,1-3H3,(H,13,14);2H,1H3;1H2,(H,4,5,6)/b14-8-;;;;;;. The summed E-state index contributed by atoms with van der Waals surface area (Å²) >= 11 is 18.7. The highest BCUT2D eigenvalue weighted by Crippen LogP contribution is 2.30. The molecule has 134 heavy (non-hydrogen) atoms. The highest BCUT2D eigenvalue weighted by atomic mass is 35.5. The predicted molar refractivity (Wildman–Crippen MR) is 512 cm³/mol. The van der Waals surface area contributed by atoms with Gasteiger partial charge in [0.25, 0.3) is 16.4 Å². The molecule has 45 heteroatoms. The maximum atomic E-state index is 11.8. The van der Waals surface area contributed by atoms with Crippen molar-refractivity contribution in [1.29, 1.82) is 0 Å². The molecular formula is C89H129Cl3N22O18S2. The first kappa shape index (κ1) is 112. The van der Waals surface area contributed by atoms with Crippen molar-refractivity contribution in [2.24, 2.45) is 29.6 Å². The summed E-state index contributed by atoms with van der Waals surface area (Å²) in [5.41, 5.74) is -0.386. The van der Waals surface area contributed by atoms with Crippen molar-refractivity contribution in [3.05, 3.63) is 98.4 Å². The van der Waals surface area contributed by atoms with Crippen molar-refractivity contribution < 1.29 is 86.0 Å². The van der Waals surface area contributed by atoms with Gasteiger partial charge < -0.3 is 75.2 Å². The summed E-state index contributed by atoms with van der Waals surface area (Å²) in [5.74, 6) is 4.53. The second-order valence-corrected chi connectivity index (χ2v) is 40.2. The molecule has 0 saturated carbocycles. The van der Waals surface area contributed by atoms with E-state index in [9.17, 15) is 62.3 Å². The molecular weight excluding hydrogens is 1840 g/mol. The van der Waals surface area contributed by atoms with Crippen molar-refractivity contribution >= 4 is 164 Å². The Hall–Kier alpha value is -10.8. The molecule has 5 aromatic rings. The van der Waals surface area contributed by atoms with Gasteiger partial charge in [-0.25, -0.2) is 73.8 Å². The third kappa shape index (κ3) is 45.5. The molecule has 0 aliphatic carbocycles. The maximum Gasteiger partial charge on any atom is 0.407 e. The van der Waals surface area contributed by atoms with E-state index in [0.29, 0.717) is 95.0 Å². The van der Waals surface area contributed by atoms with Crippen molar-refractivity contribution in [1.82, 2.24) is 92.4 Å². The van der Waals surface area contributed by atoms with E-state index < -0.39 is 33.9 Å². The number of alkyl carbamates (subject to hydrolysis) is 5. The van der Waals surface area contributed by atoms with Gasteiger partial charge >= 0.3 is 30.5 Å². The average molecular weight is 1970 g/mol. The molecule has 12 rings (SSSR count). The number of hydrogen-bond acceptors (Lipinski definition) is 35. The zero-order chi connectivity index (χ0) is 99.3. The minimum atomic E-state index is -0.502. The number of rotatable bonds is 19. The summed E-state index contributed by atoms with van der Waals surface area (Å²) in [7, 11) is 0. The van der Waals surface area contributed by atoms with Crippen molar-refractivity contribution in [2.45, 2.75) is 217 Å². The number of carbonyl (C=O) groups is 13. The van der Waals surface area contributed by atoms with Gasteiger partial charge in [-0.05, 0) is 252 Å². The minimum Gasteiger partial charge on any atom is -0.444 e. The summed E-state index contributed by atoms with van der Waals surface area (Å²) in [6, 6.07) is 8.29. The number of ketones is 3. The molecule has 0 bridgehead atoms. The lowest BCUT2D eigenvalue weighted by Crippen LogP contribution is -2.40. The monoisotopic (exact) mass is 1960 g/mol. The lowest BCUT2D eigenvalue weighted by molar-refractivity contribution is -0.117. The Bertz CT molecular complexity index is 4790. The van der Waals surface area contributed by atoms with Crippen LogP contribution in [0.4, 0.5) is 56.8 Å². The van der Waals surface area contributed by atoms with Gasteiger partial charge in [0.05, 0.1) is 16.4 Å². The minimum absolute atomic E-state index is 0.0114. The van der Waals surface area contributed by atoms with Crippen LogP contribution < -0.4 is 62.1 Å². The number of thioether (sulfide) groups is 2. The van der Waals surface area contributed by atoms with Crippen LogP contribution in [-0.4, -0.2) is 258 Å². The number of amides is 9. The van der Waals surface area contributed by atoms with Gasteiger partial charge in [0, 0.05) is 136 Å². The van der Waals surface area contributed by atoms with E-state index in [-0.39, 0.29) is 85.6 Å². The topological polar surface area (TPSA) is 506 Å². The number of anilines is 4. The summed E-state index contributed by atoms with van der Waals surface area (Å²) in [5, 5.41) is 21.4. The van der Waals surface area contributed by atoms with Gasteiger partial charge in [-0.2, -0.15) is 0 Å². The Morgan fingerprint density at radius 1 is 0.403 bits per heavy atom. The Balaban J connectivity index is 0.000000248. The van der Waals surface area contributed by atoms with Crippen LogP contribution in [0.1, 0.15) is 236 Å². The van der Waals surface area contributed by atoms with Gasteiger partial charge in [0.1, 0.15) is 98.2 Å². The quantitative estimate of drug-likeness (QED) is 0.00950. The number of halogens is 3. The molecule has 0 spiro atoms. The van der Waals surface area contributed by atoms with Crippen LogP contribution in [0.5, 0.6) is 0 Å². The molecule has 0 unspecified atom stereocenters. The van der Waals surface area contributed by atoms with Gasteiger partial charge in [-0.3, -0.25) is 49.0 Å². The number of imide groups is 2. The number of ether oxygens (including phenoxy) is 5. The number of aromatic nitrogens is 10. The molecule has 12 heterocycles. The lowest BCUT2D eigenvalue weighted by atomic mass is 9.97. The average Bonchev–Trinajstić information content (AvgIpc) is 1.87. The maximum absolute atomic E-state index is 11.8. The molecule has 0 aromatic carbocycles. The fraction of sp³-hybridized carbons (Fsp3) is 0.607. The van der Waals surface area contributed by atoms with Crippen molar-refractivity contribution in [3.8, 4) is 0 Å². The predicted octanol–water partition coefficient (Wildman–Crippen LogP) is 13.5. The highest BCUT2D eigenvalue weighted by molar-refractivity contribution is 8.18. The van der Waals surface area contributed by atoms with Gasteiger partial charge in [-0.15, -0.1) is 0 Å². The molecule has 7 saturated heterocycles. The van der Waals surface area contributed by atoms with Crippen LogP contribution >= 0.6 is 58.3 Å². The van der Waals surface area contributed by atoms with Crippen LogP contribution in [0.3, 0.4) is 0 Å². The van der Waals surface area contributed by atoms with E-state index >= 15 is 0 Å². The zero-order valence-corrected chi connectivity index (χ0v) is 83.5. The number of aldehydes is 1. The largest absolute Gasteiger partial charge is 0.444 e. The van der Waals surface area contributed by atoms with E-state index in [2.05, 4.69) is 112 Å². The second-order valence-electron chi connectivity index (χ2n) is 37.2. The lowest BCUT2D eigenvalue weighted by Gasteiger charge is -2.33. The molecule has 8 N–H and O–H groups in total. The normalized spacial score (nSPS) is 16.7. The Morgan fingerprint density at radius 2 is 0.724 bits per heavy atom. The number of hydrogen-bond donors (Lipinski definition) is 8. The van der Waals surface area contributed by atoms with E-state index in [1.54, 1.807) is 24.3 Å². The number of Topliss-reactive ketones (excluding diaryl/α,β-unsaturated/α-hetero) is 3. The Kier molecular flexibility index (Phi) is 45.1. The van der Waals surface area contributed by atoms with Crippen LogP contribution in [0.25, 0.3) is 6.08 Å². The summed E-state index contributed by atoms with van der Waals surface area (Å²) in [6.45, 7) is 43.9. The fourth-order valence-corrected chi connectivity index (χ4v) is 15.1. The first-order valence-electron chi connectivity index (χ1n) is 44.3. The first-order chi connectivity index (χ1) is 62.8. The summed E-state index contributed by atoms with van der Waals surface area (Å²) in [4.78, 5) is 195. The molecule has 9 amide bonds. The van der Waals surface area contributed by atoms with Crippen LogP contribution in [0, 0.1) is 29.6 Å². The SMILES string of the molecule is CC(=O)c1cc(Cl)nc(Cl)n1.CC(=O)c1cc(N2CCC(CNC(=O)OC(C)(C)C)CC2)nc(Cl)n1.CC(=O)c1cc(N2CCC(CNC(=O)OC(C)(C)C)CC2)ncn1.CC(C)(C)OC(=O)NCC1CCN(c2cc(/C=C3\SC(=O)NC3=O)ncn2)CC1.CC(C)(C)OC(=O)NCC1CCN(c2cc(C=O)ncn2)CC1.CC(C)(C)OC(=O)NCC1CCNCC1.O=C1CSC(=O)N1. The first-order valence-corrected chi connectivity index (χ1v) is 47.2. The summed E-state index contributed by atoms with van der Waals surface area (Å²) in [6.07, 6.45) is 14.5. The van der Waals surface area contributed by atoms with Gasteiger partial charge in [0.15, 0.2) is 23.6 Å². The third-order valence-corrected chi connectivity index (χ3v) is 22.0. The third-order valence-electron chi connectivity index (χ3n) is 19.9. The Labute approximate surface area is 806 Å². The van der Waals surface area contributed by atoms with Crippen LogP contribution in [0.15, 0.2) is 54.2 Å². The highest BCUT2D eigenvalue weighted by Gasteiger charge is 2.31. The number of piperidine rings is 5. The molecule has 7 aliphatic heterocycles. The van der Waals surface area contributed by atoms with Crippen molar-refractivity contribution in [2.75, 3.05) is 124 Å². The van der Waals surface area contributed by atoms with Gasteiger partial charge in [0.2, 0.25) is 16.5 Å². The van der Waals surface area contributed by atoms with E-state index in [1.165, 1.54) is 45.8 Å². The molecule has 736 valence electrons. The molecule has 40 nitrogen and oxygen atoms in total. The molecule has 7 aliphatic rings. The van der Waals surface area contributed by atoms with Crippen molar-refractivity contribution in [3.63, 3.8) is 0 Å². The number of nitrogens with one attached hydrogen (secondary N) is 8. The van der Waals surface area contributed by atoms with E-state index in [4.69, 9.17) is 58.5 Å². The molecule has 0 radical (unpaired) electrons. The van der Waals surface area contributed by atoms with E-state index in [1.807, 2.05) is 110 Å². The van der Waals surface area contributed by atoms with Crippen LogP contribution in [0.2, 0.25) is 15.7 Å². The molecule has 7 fully saturated rings. The second kappa shape index (κ2) is 54.1. The molecule has 5 aromatic heterocycles. The number of nitrogens with zero attached hydrogens (tertiary/aromatic N) is 14. The van der Waals surface area contributed by atoms with Crippen LogP contribution in [-0.2, 0) is 33.3 Å². The van der Waals surface area contributed by atoms with Gasteiger partial charge in [-0.1, -0.05) is 23.4 Å². The fourth-order valence-electron chi connectivity index (χ4n) is 13.4. The van der Waals surface area contributed by atoms with E-state index in [0.717, 1.165) is 183 Å². The number of carbonyl (C=O) groups excluding carboxylic acids is 13. The molecule has 0 atom stereocenters.